The monoisotopic (exact) mass is 285 g/mol. The van der Waals surface area contributed by atoms with Crippen molar-refractivity contribution in [3.05, 3.63) is 22.5 Å². The van der Waals surface area contributed by atoms with Gasteiger partial charge in [0.2, 0.25) is 5.91 Å². The van der Waals surface area contributed by atoms with Gasteiger partial charge in [0, 0.05) is 31.3 Å². The quantitative estimate of drug-likeness (QED) is 0.782. The summed E-state index contributed by atoms with van der Waals surface area (Å²) in [6, 6.07) is 0.0368. The van der Waals surface area contributed by atoms with E-state index in [9.17, 15) is 4.79 Å². The number of aromatic nitrogens is 2. The van der Waals surface area contributed by atoms with Crippen LogP contribution in [0.1, 0.15) is 31.0 Å². The second kappa shape index (κ2) is 7.31. The molecule has 1 heterocycles. The third-order valence-corrected chi connectivity index (χ3v) is 3.23. The molecule has 1 aromatic heterocycles. The van der Waals surface area contributed by atoms with Crippen molar-refractivity contribution < 1.29 is 9.90 Å². The molecule has 6 heteroatoms. The number of carbonyl (C=O) groups is 1. The van der Waals surface area contributed by atoms with E-state index in [2.05, 4.69) is 10.4 Å². The van der Waals surface area contributed by atoms with E-state index in [-0.39, 0.29) is 18.6 Å². The summed E-state index contributed by atoms with van der Waals surface area (Å²) in [6.07, 6.45) is 4.55. The van der Waals surface area contributed by atoms with Crippen LogP contribution in [0.5, 0.6) is 0 Å². The summed E-state index contributed by atoms with van der Waals surface area (Å²) in [5.74, 6) is -0.176. The van der Waals surface area contributed by atoms with Gasteiger partial charge in [-0.1, -0.05) is 11.6 Å². The van der Waals surface area contributed by atoms with Crippen LogP contribution in [-0.2, 0) is 11.8 Å². The Hall–Kier alpha value is -1.33. The summed E-state index contributed by atoms with van der Waals surface area (Å²) in [5, 5.41) is 16.2. The van der Waals surface area contributed by atoms with Crippen molar-refractivity contribution in [1.29, 1.82) is 0 Å². The van der Waals surface area contributed by atoms with Crippen molar-refractivity contribution in [3.8, 4) is 0 Å². The molecule has 19 heavy (non-hydrogen) atoms. The molecule has 1 unspecified atom stereocenters. The number of rotatable bonds is 6. The number of carbonyl (C=O) groups excluding carboxylic acids is 1. The molecule has 1 aromatic rings. The lowest BCUT2D eigenvalue weighted by atomic mass is 10.2. The molecule has 1 rings (SSSR count). The smallest absolute Gasteiger partial charge is 0.244 e. The maximum absolute atomic E-state index is 11.7. The second-order valence-electron chi connectivity index (χ2n) is 4.52. The number of nitrogens with zero attached hydrogens (tertiary/aromatic N) is 2. The topological polar surface area (TPSA) is 67.2 Å². The SMILES string of the molecule is Cc1nn(C)c(Cl)c1C=CC(=O)NC(C)CCCO. The van der Waals surface area contributed by atoms with E-state index in [4.69, 9.17) is 16.7 Å². The van der Waals surface area contributed by atoms with Crippen LogP contribution in [0.15, 0.2) is 6.08 Å². The summed E-state index contributed by atoms with van der Waals surface area (Å²) in [6.45, 7) is 3.89. The van der Waals surface area contributed by atoms with Crippen molar-refractivity contribution in [2.45, 2.75) is 32.7 Å². The largest absolute Gasteiger partial charge is 0.396 e. The molecule has 1 amide bonds. The van der Waals surface area contributed by atoms with Gasteiger partial charge < -0.3 is 10.4 Å². The highest BCUT2D eigenvalue weighted by Crippen LogP contribution is 2.19. The molecule has 2 N–H and O–H groups in total. The Labute approximate surface area is 118 Å². The van der Waals surface area contributed by atoms with Gasteiger partial charge in [-0.05, 0) is 32.8 Å². The minimum absolute atomic E-state index is 0.0368. The van der Waals surface area contributed by atoms with Gasteiger partial charge >= 0.3 is 0 Å². The zero-order chi connectivity index (χ0) is 14.4. The Morgan fingerprint density at radius 3 is 2.84 bits per heavy atom. The summed E-state index contributed by atoms with van der Waals surface area (Å²) >= 11 is 6.06. The summed E-state index contributed by atoms with van der Waals surface area (Å²) < 4.78 is 1.57. The Morgan fingerprint density at radius 2 is 2.32 bits per heavy atom. The summed E-state index contributed by atoms with van der Waals surface area (Å²) in [7, 11) is 1.75. The molecular formula is C13H20ClN3O2. The van der Waals surface area contributed by atoms with E-state index in [0.717, 1.165) is 17.7 Å². The number of halogens is 1. The number of aryl methyl sites for hydroxylation is 2. The zero-order valence-corrected chi connectivity index (χ0v) is 12.2. The molecule has 0 saturated heterocycles. The Bertz CT molecular complexity index is 469. The van der Waals surface area contributed by atoms with E-state index < -0.39 is 0 Å². The third-order valence-electron chi connectivity index (χ3n) is 2.78. The predicted octanol–water partition coefficient (Wildman–Crippen LogP) is 1.67. The number of aliphatic hydroxyl groups is 1. The molecular weight excluding hydrogens is 266 g/mol. The standard InChI is InChI=1S/C13H20ClN3O2/c1-9(5-4-8-18)15-12(19)7-6-11-10(2)16-17(3)13(11)14/h6-7,9,18H,4-5,8H2,1-3H3,(H,15,19). The van der Waals surface area contributed by atoms with Crippen LogP contribution in [0.25, 0.3) is 6.08 Å². The lowest BCUT2D eigenvalue weighted by molar-refractivity contribution is -0.117. The lowest BCUT2D eigenvalue weighted by Crippen LogP contribution is -2.31. The molecule has 0 aliphatic heterocycles. The molecule has 0 fully saturated rings. The Balaban J connectivity index is 2.59. The van der Waals surface area contributed by atoms with E-state index in [0.29, 0.717) is 11.6 Å². The van der Waals surface area contributed by atoms with Gasteiger partial charge in [0.1, 0.15) is 5.15 Å². The molecule has 0 radical (unpaired) electrons. The van der Waals surface area contributed by atoms with Gasteiger partial charge in [0.25, 0.3) is 0 Å². The highest BCUT2D eigenvalue weighted by molar-refractivity contribution is 6.31. The summed E-state index contributed by atoms with van der Waals surface area (Å²) in [4.78, 5) is 11.7. The van der Waals surface area contributed by atoms with E-state index in [1.165, 1.54) is 6.08 Å². The van der Waals surface area contributed by atoms with Crippen molar-refractivity contribution in [1.82, 2.24) is 15.1 Å². The van der Waals surface area contributed by atoms with Crippen LogP contribution < -0.4 is 5.32 Å². The molecule has 5 nitrogen and oxygen atoms in total. The van der Waals surface area contributed by atoms with Crippen LogP contribution in [0, 0.1) is 6.92 Å². The first-order valence-electron chi connectivity index (χ1n) is 6.24. The predicted molar refractivity (Wildman–Crippen MR) is 75.9 cm³/mol. The van der Waals surface area contributed by atoms with Gasteiger partial charge in [0.15, 0.2) is 0 Å². The Morgan fingerprint density at radius 1 is 1.63 bits per heavy atom. The van der Waals surface area contributed by atoms with Crippen molar-refractivity contribution in [2.75, 3.05) is 6.61 Å². The lowest BCUT2D eigenvalue weighted by Gasteiger charge is -2.10. The number of nitrogens with one attached hydrogen (secondary N) is 1. The maximum Gasteiger partial charge on any atom is 0.244 e. The van der Waals surface area contributed by atoms with Crippen LogP contribution in [0.4, 0.5) is 0 Å². The van der Waals surface area contributed by atoms with Crippen molar-refractivity contribution in [2.24, 2.45) is 7.05 Å². The molecule has 0 aliphatic rings. The molecule has 0 aromatic carbocycles. The fourth-order valence-electron chi connectivity index (χ4n) is 1.76. The van der Waals surface area contributed by atoms with Gasteiger partial charge in [0.05, 0.1) is 5.69 Å². The molecule has 0 aliphatic carbocycles. The van der Waals surface area contributed by atoms with E-state index in [1.807, 2.05) is 13.8 Å². The van der Waals surface area contributed by atoms with Gasteiger partial charge in [-0.3, -0.25) is 9.48 Å². The van der Waals surface area contributed by atoms with Crippen LogP contribution in [-0.4, -0.2) is 33.4 Å². The van der Waals surface area contributed by atoms with Crippen LogP contribution in [0.2, 0.25) is 5.15 Å². The van der Waals surface area contributed by atoms with E-state index in [1.54, 1.807) is 17.8 Å². The van der Waals surface area contributed by atoms with Crippen LogP contribution >= 0.6 is 11.6 Å². The number of hydrogen-bond donors (Lipinski definition) is 2. The molecule has 0 saturated carbocycles. The number of amides is 1. The fraction of sp³-hybridized carbons (Fsp3) is 0.538. The average molecular weight is 286 g/mol. The normalized spacial score (nSPS) is 12.9. The number of aliphatic hydroxyl groups excluding tert-OH is 1. The van der Waals surface area contributed by atoms with Gasteiger partial charge in [-0.2, -0.15) is 5.10 Å². The highest BCUT2D eigenvalue weighted by Gasteiger charge is 2.09. The summed E-state index contributed by atoms with van der Waals surface area (Å²) in [5.41, 5.74) is 1.53. The average Bonchev–Trinajstić information content (AvgIpc) is 2.59. The third kappa shape index (κ3) is 4.69. The van der Waals surface area contributed by atoms with Crippen molar-refractivity contribution >= 4 is 23.6 Å². The van der Waals surface area contributed by atoms with Crippen LogP contribution in [0.3, 0.4) is 0 Å². The molecule has 1 atom stereocenters. The minimum Gasteiger partial charge on any atom is -0.396 e. The first-order valence-corrected chi connectivity index (χ1v) is 6.62. The van der Waals surface area contributed by atoms with E-state index >= 15 is 0 Å². The first kappa shape index (κ1) is 15.7. The second-order valence-corrected chi connectivity index (χ2v) is 4.88. The molecule has 0 bridgehead atoms. The maximum atomic E-state index is 11.7. The molecule has 0 spiro atoms. The minimum atomic E-state index is -0.176. The highest BCUT2D eigenvalue weighted by atomic mass is 35.5. The number of hydrogen-bond acceptors (Lipinski definition) is 3. The molecule has 106 valence electrons. The Kier molecular flexibility index (Phi) is 6.05. The van der Waals surface area contributed by atoms with Gasteiger partial charge in [-0.25, -0.2) is 0 Å². The van der Waals surface area contributed by atoms with Gasteiger partial charge in [-0.15, -0.1) is 0 Å². The fourth-order valence-corrected chi connectivity index (χ4v) is 1.99. The van der Waals surface area contributed by atoms with Crippen molar-refractivity contribution in [3.63, 3.8) is 0 Å². The first-order chi connectivity index (χ1) is 8.95. The zero-order valence-electron chi connectivity index (χ0n) is 11.5.